The van der Waals surface area contributed by atoms with Crippen molar-refractivity contribution in [1.82, 2.24) is 5.32 Å². The molecule has 2 unspecified atom stereocenters. The second-order valence-electron chi connectivity index (χ2n) is 6.72. The van der Waals surface area contributed by atoms with Crippen LogP contribution in [-0.2, 0) is 4.74 Å². The van der Waals surface area contributed by atoms with E-state index < -0.39 is 0 Å². The lowest BCUT2D eigenvalue weighted by Crippen LogP contribution is -2.54. The van der Waals surface area contributed by atoms with E-state index in [1.165, 1.54) is 49.7 Å². The Bertz CT molecular complexity index is 431. The van der Waals surface area contributed by atoms with E-state index in [0.29, 0.717) is 6.04 Å². The number of aryl methyl sites for hydroxylation is 1. The lowest BCUT2D eigenvalue weighted by atomic mass is 9.89. The number of hydrogen-bond acceptors (Lipinski definition) is 2. The van der Waals surface area contributed by atoms with Crippen molar-refractivity contribution in [3.05, 3.63) is 35.4 Å². The highest BCUT2D eigenvalue weighted by molar-refractivity contribution is 5.25. The van der Waals surface area contributed by atoms with Crippen LogP contribution in [0.25, 0.3) is 0 Å². The van der Waals surface area contributed by atoms with Crippen molar-refractivity contribution >= 4 is 0 Å². The predicted octanol–water partition coefficient (Wildman–Crippen LogP) is 4.14. The van der Waals surface area contributed by atoms with E-state index in [4.69, 9.17) is 4.74 Å². The van der Waals surface area contributed by atoms with Crippen LogP contribution in [0.15, 0.2) is 24.3 Å². The summed E-state index contributed by atoms with van der Waals surface area (Å²) in [5.41, 5.74) is 2.71. The van der Waals surface area contributed by atoms with Gasteiger partial charge in [-0.05, 0) is 32.3 Å². The number of hydrogen-bond donors (Lipinski definition) is 1. The van der Waals surface area contributed by atoms with Crippen molar-refractivity contribution in [3.63, 3.8) is 0 Å². The Balaban J connectivity index is 1.80. The summed E-state index contributed by atoms with van der Waals surface area (Å²) in [6.07, 6.45) is 8.01. The molecule has 2 atom stereocenters. The molecule has 1 aliphatic carbocycles. The van der Waals surface area contributed by atoms with Crippen LogP contribution in [0.3, 0.4) is 0 Å². The predicted molar refractivity (Wildman–Crippen MR) is 82.9 cm³/mol. The summed E-state index contributed by atoms with van der Waals surface area (Å²) >= 11 is 0. The number of nitrogens with one attached hydrogen (secondary N) is 1. The SMILES string of the molecule is Cc1ccc(C2OC3(CCCCCC3)CNC2C)cc1. The maximum atomic E-state index is 6.67. The fraction of sp³-hybridized carbons (Fsp3) is 0.667. The third-order valence-corrected chi connectivity index (χ3v) is 5.00. The van der Waals surface area contributed by atoms with Gasteiger partial charge in [0.05, 0.1) is 11.7 Å². The van der Waals surface area contributed by atoms with Crippen LogP contribution in [0.2, 0.25) is 0 Å². The minimum absolute atomic E-state index is 0.0819. The molecule has 1 saturated carbocycles. The fourth-order valence-electron chi connectivity index (χ4n) is 3.65. The highest BCUT2D eigenvalue weighted by Gasteiger charge is 2.40. The van der Waals surface area contributed by atoms with E-state index in [9.17, 15) is 0 Å². The van der Waals surface area contributed by atoms with E-state index in [0.717, 1.165) is 6.54 Å². The van der Waals surface area contributed by atoms with Crippen LogP contribution in [0.5, 0.6) is 0 Å². The van der Waals surface area contributed by atoms with Crippen LogP contribution >= 0.6 is 0 Å². The molecule has 20 heavy (non-hydrogen) atoms. The topological polar surface area (TPSA) is 21.3 Å². The second kappa shape index (κ2) is 5.87. The molecule has 1 heterocycles. The largest absolute Gasteiger partial charge is 0.364 e. The van der Waals surface area contributed by atoms with Crippen LogP contribution in [0.1, 0.15) is 62.7 Å². The monoisotopic (exact) mass is 273 g/mol. The van der Waals surface area contributed by atoms with Gasteiger partial charge in [0.2, 0.25) is 0 Å². The number of ether oxygens (including phenoxy) is 1. The zero-order chi connectivity index (χ0) is 14.0. The van der Waals surface area contributed by atoms with E-state index in [1.54, 1.807) is 0 Å². The van der Waals surface area contributed by atoms with Crippen molar-refractivity contribution in [2.45, 2.75) is 70.1 Å². The summed E-state index contributed by atoms with van der Waals surface area (Å²) < 4.78 is 6.67. The molecule has 0 amide bonds. The maximum absolute atomic E-state index is 6.67. The molecule has 0 radical (unpaired) electrons. The second-order valence-corrected chi connectivity index (χ2v) is 6.72. The van der Waals surface area contributed by atoms with Crippen LogP contribution < -0.4 is 5.32 Å². The number of morpholine rings is 1. The lowest BCUT2D eigenvalue weighted by molar-refractivity contribution is -0.142. The van der Waals surface area contributed by atoms with Gasteiger partial charge in [0, 0.05) is 12.6 Å². The van der Waals surface area contributed by atoms with Gasteiger partial charge >= 0.3 is 0 Å². The van der Waals surface area contributed by atoms with Crippen molar-refractivity contribution in [3.8, 4) is 0 Å². The molecular weight excluding hydrogens is 246 g/mol. The van der Waals surface area contributed by atoms with Gasteiger partial charge in [-0.3, -0.25) is 0 Å². The van der Waals surface area contributed by atoms with Gasteiger partial charge in [0.1, 0.15) is 0 Å². The minimum Gasteiger partial charge on any atom is -0.364 e. The highest BCUT2D eigenvalue weighted by atomic mass is 16.5. The Kier molecular flexibility index (Phi) is 4.13. The molecule has 0 bridgehead atoms. The zero-order valence-corrected chi connectivity index (χ0v) is 12.8. The molecule has 2 aliphatic rings. The van der Waals surface area contributed by atoms with Gasteiger partial charge in [-0.2, -0.15) is 0 Å². The average Bonchev–Trinajstić information content (AvgIpc) is 2.69. The molecule has 1 aliphatic heterocycles. The Labute approximate surface area is 122 Å². The van der Waals surface area contributed by atoms with Gasteiger partial charge in [0.25, 0.3) is 0 Å². The average molecular weight is 273 g/mol. The summed E-state index contributed by atoms with van der Waals surface area (Å²) in [6, 6.07) is 9.24. The molecular formula is C18H27NO. The van der Waals surface area contributed by atoms with Crippen molar-refractivity contribution in [1.29, 1.82) is 0 Å². The van der Waals surface area contributed by atoms with E-state index >= 15 is 0 Å². The molecule has 1 saturated heterocycles. The van der Waals surface area contributed by atoms with Gasteiger partial charge in [0.15, 0.2) is 0 Å². The Morgan fingerprint density at radius 2 is 1.70 bits per heavy atom. The molecule has 2 heteroatoms. The quantitative estimate of drug-likeness (QED) is 0.830. The van der Waals surface area contributed by atoms with Crippen LogP contribution in [-0.4, -0.2) is 18.2 Å². The number of benzene rings is 1. The first-order valence-corrected chi connectivity index (χ1v) is 8.16. The van der Waals surface area contributed by atoms with Gasteiger partial charge in [-0.15, -0.1) is 0 Å². The first kappa shape index (κ1) is 14.1. The summed E-state index contributed by atoms with van der Waals surface area (Å²) in [4.78, 5) is 0. The van der Waals surface area contributed by atoms with E-state index in [2.05, 4.69) is 43.4 Å². The Morgan fingerprint density at radius 1 is 1.05 bits per heavy atom. The fourth-order valence-corrected chi connectivity index (χ4v) is 3.65. The molecule has 110 valence electrons. The first-order chi connectivity index (χ1) is 9.69. The first-order valence-electron chi connectivity index (χ1n) is 8.16. The normalized spacial score (nSPS) is 30.1. The maximum Gasteiger partial charge on any atom is 0.0983 e. The standard InChI is InChI=1S/C18H27NO/c1-14-7-9-16(10-8-14)17-15(2)19-13-18(20-17)11-5-3-4-6-12-18/h7-10,15,17,19H,3-6,11-13H2,1-2H3. The molecule has 1 aromatic carbocycles. The van der Waals surface area contributed by atoms with Crippen molar-refractivity contribution in [2.75, 3.05) is 6.54 Å². The summed E-state index contributed by atoms with van der Waals surface area (Å²) in [6.45, 7) is 5.41. The molecule has 1 aromatic rings. The highest BCUT2D eigenvalue weighted by Crippen LogP contribution is 2.39. The summed E-state index contributed by atoms with van der Waals surface area (Å²) in [5.74, 6) is 0. The Morgan fingerprint density at radius 3 is 2.35 bits per heavy atom. The zero-order valence-electron chi connectivity index (χ0n) is 12.8. The van der Waals surface area contributed by atoms with Gasteiger partial charge in [-0.25, -0.2) is 0 Å². The van der Waals surface area contributed by atoms with E-state index in [-0.39, 0.29) is 11.7 Å². The third-order valence-electron chi connectivity index (χ3n) is 5.00. The summed E-state index contributed by atoms with van der Waals surface area (Å²) in [5, 5.41) is 3.71. The van der Waals surface area contributed by atoms with Crippen molar-refractivity contribution < 1.29 is 4.74 Å². The smallest absolute Gasteiger partial charge is 0.0983 e. The molecule has 3 rings (SSSR count). The van der Waals surface area contributed by atoms with Gasteiger partial charge < -0.3 is 10.1 Å². The van der Waals surface area contributed by atoms with E-state index in [1.807, 2.05) is 0 Å². The molecule has 1 N–H and O–H groups in total. The molecule has 0 aromatic heterocycles. The molecule has 1 spiro atoms. The van der Waals surface area contributed by atoms with Crippen LogP contribution in [0, 0.1) is 6.92 Å². The lowest BCUT2D eigenvalue weighted by Gasteiger charge is -2.45. The molecule has 2 nitrogen and oxygen atoms in total. The Hall–Kier alpha value is -0.860. The van der Waals surface area contributed by atoms with Crippen molar-refractivity contribution in [2.24, 2.45) is 0 Å². The minimum atomic E-state index is 0.0819. The summed E-state index contributed by atoms with van der Waals surface area (Å²) in [7, 11) is 0. The molecule has 2 fully saturated rings. The number of rotatable bonds is 1. The third kappa shape index (κ3) is 2.91. The van der Waals surface area contributed by atoms with Gasteiger partial charge in [-0.1, -0.05) is 55.5 Å². The van der Waals surface area contributed by atoms with Crippen LogP contribution in [0.4, 0.5) is 0 Å².